The highest BCUT2D eigenvalue weighted by molar-refractivity contribution is 7.20. The second-order valence-corrected chi connectivity index (χ2v) is 8.18. The minimum atomic E-state index is -0.722. The number of primary amides is 1. The molecule has 10 heteroatoms. The zero-order valence-electron chi connectivity index (χ0n) is 18.1. The number of rotatable bonds is 10. The number of carbonyl (C=O) groups is 2. The molecule has 0 aliphatic rings. The summed E-state index contributed by atoms with van der Waals surface area (Å²) in [6, 6.07) is 14.3. The van der Waals surface area contributed by atoms with Crippen LogP contribution in [-0.4, -0.2) is 56.0 Å². The molecule has 0 spiro atoms. The van der Waals surface area contributed by atoms with Crippen molar-refractivity contribution in [2.45, 2.75) is 0 Å². The van der Waals surface area contributed by atoms with Gasteiger partial charge < -0.3 is 31.3 Å². The first kappa shape index (κ1) is 23.0. The number of methoxy groups -OCH3 is 1. The molecule has 2 amide bonds. The fraction of sp³-hybridized carbons (Fsp3) is 0.227. The van der Waals surface area contributed by atoms with Gasteiger partial charge in [-0.15, -0.1) is 0 Å². The number of hydrogen-bond donors (Lipinski definition) is 4. The number of thiazole rings is 1. The predicted octanol–water partition coefficient (Wildman–Crippen LogP) is 3.22. The Balaban J connectivity index is 1.68. The van der Waals surface area contributed by atoms with Gasteiger partial charge in [0, 0.05) is 30.0 Å². The van der Waals surface area contributed by atoms with Crippen molar-refractivity contribution in [1.82, 2.24) is 9.88 Å². The van der Waals surface area contributed by atoms with Gasteiger partial charge in [-0.25, -0.2) is 4.98 Å². The molecule has 1 heterocycles. The summed E-state index contributed by atoms with van der Waals surface area (Å²) in [6.45, 7) is 1.70. The Morgan fingerprint density at radius 1 is 1.06 bits per heavy atom. The molecule has 0 bridgehead atoms. The number of anilines is 4. The van der Waals surface area contributed by atoms with Gasteiger partial charge in [-0.05, 0) is 62.6 Å². The van der Waals surface area contributed by atoms with Crippen LogP contribution in [0.5, 0.6) is 5.75 Å². The van der Waals surface area contributed by atoms with Crippen molar-refractivity contribution >= 4 is 44.7 Å². The van der Waals surface area contributed by atoms with E-state index in [1.165, 1.54) is 0 Å². The molecule has 0 atom stereocenters. The molecule has 1 aromatic heterocycles. The lowest BCUT2D eigenvalue weighted by atomic mass is 10.2. The van der Waals surface area contributed by atoms with E-state index in [0.717, 1.165) is 41.6 Å². The smallest absolute Gasteiger partial charge is 0.270 e. The van der Waals surface area contributed by atoms with E-state index in [1.807, 2.05) is 38.4 Å². The van der Waals surface area contributed by atoms with Gasteiger partial charge in [-0.1, -0.05) is 11.3 Å². The van der Waals surface area contributed by atoms with Crippen LogP contribution in [0.1, 0.15) is 20.8 Å². The third-order valence-electron chi connectivity index (χ3n) is 4.46. The van der Waals surface area contributed by atoms with Gasteiger partial charge in [-0.3, -0.25) is 9.59 Å². The number of ether oxygens (including phenoxy) is 1. The maximum absolute atomic E-state index is 12.7. The lowest BCUT2D eigenvalue weighted by Gasteiger charge is -2.11. The van der Waals surface area contributed by atoms with Gasteiger partial charge in [-0.2, -0.15) is 0 Å². The van der Waals surface area contributed by atoms with Crippen LogP contribution in [0.3, 0.4) is 0 Å². The van der Waals surface area contributed by atoms with E-state index in [2.05, 4.69) is 25.8 Å². The van der Waals surface area contributed by atoms with Crippen molar-refractivity contribution in [2.24, 2.45) is 5.73 Å². The van der Waals surface area contributed by atoms with E-state index in [0.29, 0.717) is 10.7 Å². The lowest BCUT2D eigenvalue weighted by Crippen LogP contribution is -2.20. The quantitative estimate of drug-likeness (QED) is 0.371. The molecule has 32 heavy (non-hydrogen) atoms. The van der Waals surface area contributed by atoms with Crippen LogP contribution >= 0.6 is 11.3 Å². The largest absolute Gasteiger partial charge is 0.497 e. The van der Waals surface area contributed by atoms with Gasteiger partial charge in [0.05, 0.1) is 7.11 Å². The van der Waals surface area contributed by atoms with Crippen LogP contribution in [0.25, 0.3) is 0 Å². The molecule has 0 aliphatic carbocycles. The van der Waals surface area contributed by atoms with Crippen LogP contribution < -0.4 is 26.4 Å². The number of hydrogen-bond acceptors (Lipinski definition) is 8. The van der Waals surface area contributed by atoms with Crippen molar-refractivity contribution in [3.05, 3.63) is 59.8 Å². The highest BCUT2D eigenvalue weighted by Crippen LogP contribution is 2.31. The third kappa shape index (κ3) is 6.19. The summed E-state index contributed by atoms with van der Waals surface area (Å²) in [5.74, 6) is -0.355. The van der Waals surface area contributed by atoms with Crippen molar-refractivity contribution in [1.29, 1.82) is 0 Å². The molecular weight excluding hydrogens is 428 g/mol. The molecule has 0 unspecified atom stereocenters. The van der Waals surface area contributed by atoms with E-state index in [1.54, 1.807) is 31.4 Å². The number of nitrogens with zero attached hydrogens (tertiary/aromatic N) is 2. The van der Waals surface area contributed by atoms with E-state index < -0.39 is 5.91 Å². The Hall–Kier alpha value is -3.63. The monoisotopic (exact) mass is 454 g/mol. The van der Waals surface area contributed by atoms with Crippen LogP contribution in [0.4, 0.5) is 21.5 Å². The number of nitrogens with two attached hydrogens (primary N) is 1. The zero-order chi connectivity index (χ0) is 23.1. The topological polar surface area (TPSA) is 122 Å². The van der Waals surface area contributed by atoms with E-state index in [9.17, 15) is 9.59 Å². The second kappa shape index (κ2) is 10.6. The summed E-state index contributed by atoms with van der Waals surface area (Å²) in [5, 5.41) is 9.84. The van der Waals surface area contributed by atoms with Crippen molar-refractivity contribution < 1.29 is 14.3 Å². The van der Waals surface area contributed by atoms with Crippen LogP contribution in [0.15, 0.2) is 48.5 Å². The number of aromatic nitrogens is 1. The van der Waals surface area contributed by atoms with Crippen molar-refractivity contribution in [3.63, 3.8) is 0 Å². The zero-order valence-corrected chi connectivity index (χ0v) is 19.0. The molecule has 9 nitrogen and oxygen atoms in total. The Bertz CT molecular complexity index is 1060. The molecule has 3 rings (SSSR count). The lowest BCUT2D eigenvalue weighted by molar-refractivity contribution is 0.0997. The summed E-state index contributed by atoms with van der Waals surface area (Å²) >= 11 is 1.13. The summed E-state index contributed by atoms with van der Waals surface area (Å²) < 4.78 is 5.14. The van der Waals surface area contributed by atoms with Crippen LogP contribution in [0, 0.1) is 0 Å². The predicted molar refractivity (Wildman–Crippen MR) is 128 cm³/mol. The Labute approximate surface area is 190 Å². The van der Waals surface area contributed by atoms with Crippen LogP contribution in [-0.2, 0) is 0 Å². The highest BCUT2D eigenvalue weighted by Gasteiger charge is 2.19. The van der Waals surface area contributed by atoms with E-state index >= 15 is 0 Å². The first-order valence-electron chi connectivity index (χ1n) is 9.87. The van der Waals surface area contributed by atoms with Crippen molar-refractivity contribution in [2.75, 3.05) is 50.2 Å². The number of amides is 2. The minimum absolute atomic E-state index is 0.00124. The fourth-order valence-corrected chi connectivity index (χ4v) is 3.65. The molecule has 0 fully saturated rings. The molecule has 5 N–H and O–H groups in total. The molecule has 0 saturated carbocycles. The standard InChI is InChI=1S/C22H26N6O3S/c1-28(2)13-12-24-15-6-4-14(5-7-15)20(30)27-21-18(19(23)29)26-22(32-21)25-16-8-10-17(31-3)11-9-16/h4-11,24H,12-13H2,1-3H3,(H2,23,29)(H,25,26)(H,27,30). The van der Waals surface area contributed by atoms with Gasteiger partial charge in [0.25, 0.3) is 11.8 Å². The number of benzene rings is 2. The SMILES string of the molecule is COc1ccc(Nc2nc(C(N)=O)c(NC(=O)c3ccc(NCCN(C)C)cc3)s2)cc1. The number of nitrogens with one attached hydrogen (secondary N) is 3. The highest BCUT2D eigenvalue weighted by atomic mass is 32.1. The number of carbonyl (C=O) groups excluding carboxylic acids is 2. The molecule has 3 aromatic rings. The first-order valence-corrected chi connectivity index (χ1v) is 10.7. The average molecular weight is 455 g/mol. The summed E-state index contributed by atoms with van der Waals surface area (Å²) in [6.07, 6.45) is 0. The third-order valence-corrected chi connectivity index (χ3v) is 5.35. The first-order chi connectivity index (χ1) is 15.4. The molecule has 168 valence electrons. The van der Waals surface area contributed by atoms with E-state index in [-0.39, 0.29) is 16.6 Å². The minimum Gasteiger partial charge on any atom is -0.497 e. The van der Waals surface area contributed by atoms with Gasteiger partial charge in [0.15, 0.2) is 10.8 Å². The Morgan fingerprint density at radius 2 is 1.72 bits per heavy atom. The van der Waals surface area contributed by atoms with Gasteiger partial charge in [0.1, 0.15) is 10.8 Å². The molecule has 0 aliphatic heterocycles. The summed E-state index contributed by atoms with van der Waals surface area (Å²) in [5.41, 5.74) is 7.59. The maximum Gasteiger partial charge on any atom is 0.270 e. The van der Waals surface area contributed by atoms with Gasteiger partial charge in [0.2, 0.25) is 0 Å². The fourth-order valence-electron chi connectivity index (χ4n) is 2.76. The van der Waals surface area contributed by atoms with Crippen molar-refractivity contribution in [3.8, 4) is 5.75 Å². The Kier molecular flexibility index (Phi) is 7.63. The molecule has 2 aromatic carbocycles. The Morgan fingerprint density at radius 3 is 2.31 bits per heavy atom. The van der Waals surface area contributed by atoms with Crippen LogP contribution in [0.2, 0.25) is 0 Å². The molecule has 0 saturated heterocycles. The molecular formula is C22H26N6O3S. The normalized spacial score (nSPS) is 10.6. The summed E-state index contributed by atoms with van der Waals surface area (Å²) in [7, 11) is 5.60. The molecule has 0 radical (unpaired) electrons. The van der Waals surface area contributed by atoms with E-state index in [4.69, 9.17) is 10.5 Å². The second-order valence-electron chi connectivity index (χ2n) is 7.18. The maximum atomic E-state index is 12.7. The number of likely N-dealkylation sites (N-methyl/N-ethyl adjacent to an activating group) is 1. The summed E-state index contributed by atoms with van der Waals surface area (Å²) in [4.78, 5) is 30.8. The van der Waals surface area contributed by atoms with Gasteiger partial charge >= 0.3 is 0 Å². The average Bonchev–Trinajstić information content (AvgIpc) is 3.17.